The zero-order valence-corrected chi connectivity index (χ0v) is 9.17. The van der Waals surface area contributed by atoms with Crippen LogP contribution >= 0.6 is 15.9 Å². The number of aryl methyl sites for hydroxylation is 1. The van der Waals surface area contributed by atoms with Gasteiger partial charge >= 0.3 is 5.97 Å². The van der Waals surface area contributed by atoms with Crippen molar-refractivity contribution in [2.24, 2.45) is 0 Å². The second-order valence-electron chi connectivity index (χ2n) is 3.00. The fourth-order valence-corrected chi connectivity index (χ4v) is 1.47. The second kappa shape index (κ2) is 4.37. The van der Waals surface area contributed by atoms with Crippen molar-refractivity contribution in [2.75, 3.05) is 0 Å². The van der Waals surface area contributed by atoms with Crippen LogP contribution in [0.1, 0.15) is 11.1 Å². The van der Waals surface area contributed by atoms with E-state index in [1.807, 2.05) is 13.0 Å². The molecular formula is C10H9BrO3. The molecule has 0 aliphatic carbocycles. The zero-order valence-electron chi connectivity index (χ0n) is 7.58. The number of halogens is 1. The Balaban J connectivity index is 2.91. The molecule has 0 unspecified atom stereocenters. The summed E-state index contributed by atoms with van der Waals surface area (Å²) in [5.74, 6) is -2.19. The van der Waals surface area contributed by atoms with E-state index in [2.05, 4.69) is 15.9 Å². The van der Waals surface area contributed by atoms with Crippen molar-refractivity contribution in [2.45, 2.75) is 13.3 Å². The highest BCUT2D eigenvalue weighted by Crippen LogP contribution is 2.18. The molecule has 1 N–H and O–H groups in total. The molecular weight excluding hydrogens is 248 g/mol. The van der Waals surface area contributed by atoms with Crippen LogP contribution in [0.3, 0.4) is 0 Å². The standard InChI is InChI=1S/C10H9BrO3/c1-6-2-3-8(11)7(4-6)5-9(12)10(13)14/h2-4H,5H2,1H3,(H,13,14). The fraction of sp³-hybridized carbons (Fsp3) is 0.200. The lowest BCUT2D eigenvalue weighted by molar-refractivity contribution is -0.148. The third kappa shape index (κ3) is 2.67. The highest BCUT2D eigenvalue weighted by atomic mass is 79.9. The molecule has 0 heterocycles. The van der Waals surface area contributed by atoms with Gasteiger partial charge in [-0.1, -0.05) is 33.6 Å². The summed E-state index contributed by atoms with van der Waals surface area (Å²) in [5.41, 5.74) is 1.71. The number of Topliss-reactive ketones (excluding diaryl/α,β-unsaturated/α-hetero) is 1. The predicted molar refractivity (Wildman–Crippen MR) is 55.2 cm³/mol. The van der Waals surface area contributed by atoms with Crippen LogP contribution in [-0.2, 0) is 16.0 Å². The number of carbonyl (C=O) groups is 2. The number of hydrogen-bond acceptors (Lipinski definition) is 2. The van der Waals surface area contributed by atoms with Gasteiger partial charge in [-0.3, -0.25) is 4.79 Å². The highest BCUT2D eigenvalue weighted by molar-refractivity contribution is 9.10. The Bertz CT molecular complexity index is 385. The van der Waals surface area contributed by atoms with Crippen LogP contribution in [-0.4, -0.2) is 16.9 Å². The van der Waals surface area contributed by atoms with Crippen molar-refractivity contribution in [3.05, 3.63) is 33.8 Å². The number of benzene rings is 1. The maximum Gasteiger partial charge on any atom is 0.372 e. The lowest BCUT2D eigenvalue weighted by Gasteiger charge is -2.02. The first-order valence-electron chi connectivity index (χ1n) is 4.02. The number of carboxylic acids is 1. The van der Waals surface area contributed by atoms with Crippen molar-refractivity contribution in [1.29, 1.82) is 0 Å². The van der Waals surface area contributed by atoms with Gasteiger partial charge in [0.15, 0.2) is 0 Å². The molecule has 3 nitrogen and oxygen atoms in total. The van der Waals surface area contributed by atoms with E-state index in [1.165, 1.54) is 0 Å². The molecule has 0 atom stereocenters. The van der Waals surface area contributed by atoms with Gasteiger partial charge in [-0.05, 0) is 18.6 Å². The fourth-order valence-electron chi connectivity index (χ4n) is 1.09. The first-order chi connectivity index (χ1) is 6.50. The normalized spacial score (nSPS) is 9.86. The first-order valence-corrected chi connectivity index (χ1v) is 4.81. The number of rotatable bonds is 3. The summed E-state index contributed by atoms with van der Waals surface area (Å²) in [6.45, 7) is 1.89. The summed E-state index contributed by atoms with van der Waals surface area (Å²) in [6.07, 6.45) is -0.0718. The zero-order chi connectivity index (χ0) is 10.7. The van der Waals surface area contributed by atoms with Crippen LogP contribution in [0, 0.1) is 6.92 Å². The number of aliphatic carboxylic acids is 1. The summed E-state index contributed by atoms with van der Waals surface area (Å²) in [6, 6.07) is 5.49. The van der Waals surface area contributed by atoms with Gasteiger partial charge < -0.3 is 5.11 Å². The summed E-state index contributed by atoms with van der Waals surface area (Å²) < 4.78 is 0.762. The van der Waals surface area contributed by atoms with Crippen LogP contribution in [0.4, 0.5) is 0 Å². The molecule has 74 valence electrons. The third-order valence-electron chi connectivity index (χ3n) is 1.79. The highest BCUT2D eigenvalue weighted by Gasteiger charge is 2.13. The van der Waals surface area contributed by atoms with Crippen LogP contribution < -0.4 is 0 Å². The molecule has 0 aliphatic heterocycles. The van der Waals surface area contributed by atoms with Gasteiger partial charge in [0.05, 0.1) is 0 Å². The van der Waals surface area contributed by atoms with Crippen LogP contribution in [0.2, 0.25) is 0 Å². The Kier molecular flexibility index (Phi) is 3.41. The van der Waals surface area contributed by atoms with Crippen LogP contribution in [0.5, 0.6) is 0 Å². The first kappa shape index (κ1) is 10.9. The molecule has 0 saturated carbocycles. The molecule has 0 bridgehead atoms. The number of hydrogen-bond donors (Lipinski definition) is 1. The maximum absolute atomic E-state index is 11.0. The van der Waals surface area contributed by atoms with Gasteiger partial charge in [0, 0.05) is 10.9 Å². The molecule has 0 amide bonds. The topological polar surface area (TPSA) is 54.4 Å². The van der Waals surface area contributed by atoms with Gasteiger partial charge in [0.1, 0.15) is 0 Å². The van der Waals surface area contributed by atoms with Gasteiger partial charge in [0.2, 0.25) is 5.78 Å². The lowest BCUT2D eigenvalue weighted by Crippen LogP contribution is -2.15. The number of carbonyl (C=O) groups excluding carboxylic acids is 1. The average molecular weight is 257 g/mol. The molecule has 0 spiro atoms. The van der Waals surface area contributed by atoms with Gasteiger partial charge in [-0.25, -0.2) is 4.79 Å². The van der Waals surface area contributed by atoms with Crippen molar-refractivity contribution >= 4 is 27.7 Å². The monoisotopic (exact) mass is 256 g/mol. The van der Waals surface area contributed by atoms with E-state index in [0.717, 1.165) is 10.0 Å². The van der Waals surface area contributed by atoms with Crippen molar-refractivity contribution in [3.8, 4) is 0 Å². The molecule has 1 aromatic carbocycles. The quantitative estimate of drug-likeness (QED) is 0.842. The maximum atomic E-state index is 11.0. The van der Waals surface area contributed by atoms with Crippen molar-refractivity contribution in [3.63, 3.8) is 0 Å². The van der Waals surface area contributed by atoms with Crippen LogP contribution in [0.25, 0.3) is 0 Å². The molecule has 0 aliphatic rings. The van der Waals surface area contributed by atoms with E-state index in [1.54, 1.807) is 12.1 Å². The molecule has 0 aromatic heterocycles. The molecule has 4 heteroatoms. The molecule has 0 radical (unpaired) electrons. The Morgan fingerprint density at radius 1 is 1.43 bits per heavy atom. The number of ketones is 1. The van der Waals surface area contributed by atoms with Gasteiger partial charge in [0.25, 0.3) is 0 Å². The average Bonchev–Trinajstić information content (AvgIpc) is 2.11. The van der Waals surface area contributed by atoms with Gasteiger partial charge in [-0.2, -0.15) is 0 Å². The third-order valence-corrected chi connectivity index (χ3v) is 2.56. The Morgan fingerprint density at radius 3 is 2.64 bits per heavy atom. The predicted octanol–water partition coefficient (Wildman–Crippen LogP) is 1.95. The van der Waals surface area contributed by atoms with E-state index >= 15 is 0 Å². The van der Waals surface area contributed by atoms with E-state index in [9.17, 15) is 9.59 Å². The second-order valence-corrected chi connectivity index (χ2v) is 3.85. The summed E-state index contributed by atoms with van der Waals surface area (Å²) in [4.78, 5) is 21.3. The molecule has 1 rings (SSSR count). The van der Waals surface area contributed by atoms with Crippen molar-refractivity contribution in [1.82, 2.24) is 0 Å². The summed E-state index contributed by atoms with van der Waals surface area (Å²) in [5, 5.41) is 8.44. The largest absolute Gasteiger partial charge is 0.475 e. The van der Waals surface area contributed by atoms with E-state index in [0.29, 0.717) is 5.56 Å². The molecule has 1 aromatic rings. The minimum atomic E-state index is -1.39. The van der Waals surface area contributed by atoms with Gasteiger partial charge in [-0.15, -0.1) is 0 Å². The summed E-state index contributed by atoms with van der Waals surface area (Å²) >= 11 is 3.26. The number of carboxylic acid groups (broad SMARTS) is 1. The summed E-state index contributed by atoms with van der Waals surface area (Å²) in [7, 11) is 0. The Labute approximate surface area is 89.9 Å². The molecule has 14 heavy (non-hydrogen) atoms. The van der Waals surface area contributed by atoms with E-state index < -0.39 is 11.8 Å². The minimum absolute atomic E-state index is 0.0718. The SMILES string of the molecule is Cc1ccc(Br)c(CC(=O)C(=O)O)c1. The van der Waals surface area contributed by atoms with E-state index in [-0.39, 0.29) is 6.42 Å². The molecule has 0 saturated heterocycles. The Hall–Kier alpha value is -1.16. The van der Waals surface area contributed by atoms with Crippen LogP contribution in [0.15, 0.2) is 22.7 Å². The minimum Gasteiger partial charge on any atom is -0.475 e. The van der Waals surface area contributed by atoms with E-state index in [4.69, 9.17) is 5.11 Å². The Morgan fingerprint density at radius 2 is 2.07 bits per heavy atom. The molecule has 0 fully saturated rings. The smallest absolute Gasteiger partial charge is 0.372 e. The van der Waals surface area contributed by atoms with Crippen molar-refractivity contribution < 1.29 is 14.7 Å². The lowest BCUT2D eigenvalue weighted by atomic mass is 10.1.